The van der Waals surface area contributed by atoms with Gasteiger partial charge < -0.3 is 19.8 Å². The molecule has 0 aliphatic carbocycles. The van der Waals surface area contributed by atoms with Crippen LogP contribution in [0.15, 0.2) is 96.5 Å². The van der Waals surface area contributed by atoms with Crippen LogP contribution in [0.5, 0.6) is 5.75 Å². The first-order chi connectivity index (χ1) is 19.5. The number of hydrogen-bond donors (Lipinski definition) is 3. The van der Waals surface area contributed by atoms with Crippen molar-refractivity contribution < 1.29 is 24.0 Å². The Morgan fingerprint density at radius 2 is 1.73 bits per heavy atom. The molecule has 12 heteroatoms. The third-order valence-electron chi connectivity index (χ3n) is 5.64. The normalized spacial score (nSPS) is 11.5. The first kappa shape index (κ1) is 27.5. The summed E-state index contributed by atoms with van der Waals surface area (Å²) in [6.45, 7) is 0.232. The number of nitrogens with zero attached hydrogens (tertiary/aromatic N) is 3. The second-order valence-electron chi connectivity index (χ2n) is 8.52. The number of aromatic amines is 1. The number of rotatable bonds is 12. The minimum atomic E-state index is -0.991. The van der Waals surface area contributed by atoms with Crippen LogP contribution in [0, 0.1) is 10.1 Å². The Morgan fingerprint density at radius 1 is 1.00 bits per heavy atom. The van der Waals surface area contributed by atoms with Crippen LogP contribution in [0.2, 0.25) is 0 Å². The summed E-state index contributed by atoms with van der Waals surface area (Å²) < 4.78 is 11.1. The van der Waals surface area contributed by atoms with Gasteiger partial charge in [0.15, 0.2) is 0 Å². The minimum absolute atomic E-state index is 0.00296. The highest BCUT2D eigenvalue weighted by Gasteiger charge is 2.22. The second-order valence-corrected chi connectivity index (χ2v) is 8.52. The molecule has 0 saturated carbocycles. The number of nitrogens with one attached hydrogen (secondary N) is 3. The van der Waals surface area contributed by atoms with E-state index >= 15 is 0 Å². The Kier molecular flexibility index (Phi) is 9.53. The van der Waals surface area contributed by atoms with Crippen molar-refractivity contribution in [1.29, 1.82) is 0 Å². The SMILES string of the molecule is O=C(N[C@@H](Cc1cnc[nH]1)C(=O)N/N=C\c1ccccc1OCc1ccc([N+](=O)[O-])cc1)OCc1ccccc1. The van der Waals surface area contributed by atoms with Crippen molar-refractivity contribution in [3.63, 3.8) is 0 Å². The highest BCUT2D eigenvalue weighted by molar-refractivity contribution is 5.88. The summed E-state index contributed by atoms with van der Waals surface area (Å²) in [4.78, 5) is 42.6. The van der Waals surface area contributed by atoms with Gasteiger partial charge in [0.25, 0.3) is 11.6 Å². The predicted molar refractivity (Wildman–Crippen MR) is 145 cm³/mol. The largest absolute Gasteiger partial charge is 0.488 e. The number of ether oxygens (including phenoxy) is 2. The molecule has 1 aromatic heterocycles. The molecule has 0 fully saturated rings. The zero-order valence-corrected chi connectivity index (χ0v) is 21.2. The molecular formula is C28H26N6O6. The quantitative estimate of drug-likeness (QED) is 0.139. The molecule has 40 heavy (non-hydrogen) atoms. The molecule has 4 aromatic rings. The van der Waals surface area contributed by atoms with E-state index in [4.69, 9.17) is 9.47 Å². The number of imidazole rings is 1. The van der Waals surface area contributed by atoms with Crippen LogP contribution in [0.3, 0.4) is 0 Å². The maximum absolute atomic E-state index is 12.9. The first-order valence-corrected chi connectivity index (χ1v) is 12.2. The van der Waals surface area contributed by atoms with Gasteiger partial charge >= 0.3 is 6.09 Å². The number of para-hydroxylation sites is 1. The minimum Gasteiger partial charge on any atom is -0.488 e. The van der Waals surface area contributed by atoms with E-state index in [1.54, 1.807) is 42.6 Å². The van der Waals surface area contributed by atoms with Gasteiger partial charge in [-0.3, -0.25) is 14.9 Å². The maximum Gasteiger partial charge on any atom is 0.408 e. The fourth-order valence-electron chi connectivity index (χ4n) is 3.57. The fraction of sp³-hybridized carbons (Fsp3) is 0.143. The van der Waals surface area contributed by atoms with Crippen molar-refractivity contribution in [2.75, 3.05) is 0 Å². The lowest BCUT2D eigenvalue weighted by atomic mass is 10.1. The molecule has 0 spiro atoms. The molecule has 0 unspecified atom stereocenters. The summed E-state index contributed by atoms with van der Waals surface area (Å²) >= 11 is 0. The molecule has 0 saturated heterocycles. The van der Waals surface area contributed by atoms with Gasteiger partial charge in [-0.1, -0.05) is 42.5 Å². The van der Waals surface area contributed by atoms with Crippen molar-refractivity contribution >= 4 is 23.9 Å². The molecule has 3 N–H and O–H groups in total. The molecule has 12 nitrogen and oxygen atoms in total. The van der Waals surface area contributed by atoms with E-state index in [0.29, 0.717) is 17.0 Å². The lowest BCUT2D eigenvalue weighted by Crippen LogP contribution is -2.47. The Morgan fingerprint density at radius 3 is 2.45 bits per heavy atom. The number of hydrogen-bond acceptors (Lipinski definition) is 8. The summed E-state index contributed by atoms with van der Waals surface area (Å²) in [5.74, 6) is -0.0673. The Labute approximate surface area is 229 Å². The van der Waals surface area contributed by atoms with Crippen LogP contribution in [0.1, 0.15) is 22.4 Å². The van der Waals surface area contributed by atoms with E-state index in [2.05, 4.69) is 25.8 Å². The lowest BCUT2D eigenvalue weighted by Gasteiger charge is -2.16. The van der Waals surface area contributed by atoms with Crippen LogP contribution >= 0.6 is 0 Å². The van der Waals surface area contributed by atoms with Gasteiger partial charge in [0.05, 0.1) is 17.5 Å². The summed E-state index contributed by atoms with van der Waals surface area (Å²) in [5, 5.41) is 17.5. The number of carbonyl (C=O) groups is 2. The van der Waals surface area contributed by atoms with Crippen LogP contribution in [0.4, 0.5) is 10.5 Å². The summed E-state index contributed by atoms with van der Waals surface area (Å²) in [5.41, 5.74) is 5.23. The third-order valence-corrected chi connectivity index (χ3v) is 5.64. The average molecular weight is 543 g/mol. The molecule has 204 valence electrons. The number of carbonyl (C=O) groups excluding carboxylic acids is 2. The van der Waals surface area contributed by atoms with Gasteiger partial charge in [0.2, 0.25) is 0 Å². The van der Waals surface area contributed by atoms with E-state index in [9.17, 15) is 19.7 Å². The zero-order valence-electron chi connectivity index (χ0n) is 21.2. The number of alkyl carbamates (subject to hydrolysis) is 1. The first-order valence-electron chi connectivity index (χ1n) is 12.2. The van der Waals surface area contributed by atoms with Crippen LogP contribution in [-0.2, 0) is 29.2 Å². The average Bonchev–Trinajstić information content (AvgIpc) is 3.49. The number of hydrazone groups is 1. The molecule has 1 heterocycles. The van der Waals surface area contributed by atoms with Crippen molar-refractivity contribution in [3.05, 3.63) is 124 Å². The Bertz CT molecular complexity index is 1440. The fourth-order valence-corrected chi connectivity index (χ4v) is 3.57. The van der Waals surface area contributed by atoms with Crippen LogP contribution in [0.25, 0.3) is 0 Å². The lowest BCUT2D eigenvalue weighted by molar-refractivity contribution is -0.384. The number of nitro groups is 1. The molecule has 0 aliphatic rings. The van der Waals surface area contributed by atoms with Crippen molar-refractivity contribution in [3.8, 4) is 5.75 Å². The number of aromatic nitrogens is 2. The summed E-state index contributed by atoms with van der Waals surface area (Å²) in [6.07, 6.45) is 3.83. The molecule has 1 atom stereocenters. The predicted octanol–water partition coefficient (Wildman–Crippen LogP) is 3.88. The summed E-state index contributed by atoms with van der Waals surface area (Å²) in [6, 6.07) is 21.3. The van der Waals surface area contributed by atoms with E-state index in [0.717, 1.165) is 11.1 Å². The van der Waals surface area contributed by atoms with Gasteiger partial charge in [-0.15, -0.1) is 0 Å². The number of benzene rings is 3. The van der Waals surface area contributed by atoms with Gasteiger partial charge in [0.1, 0.15) is 25.0 Å². The van der Waals surface area contributed by atoms with E-state index in [1.807, 2.05) is 30.3 Å². The van der Waals surface area contributed by atoms with Gasteiger partial charge in [0, 0.05) is 36.0 Å². The monoisotopic (exact) mass is 542 g/mol. The smallest absolute Gasteiger partial charge is 0.408 e. The molecule has 0 bridgehead atoms. The zero-order chi connectivity index (χ0) is 28.2. The van der Waals surface area contributed by atoms with E-state index in [-0.39, 0.29) is 25.3 Å². The topological polar surface area (TPSA) is 161 Å². The van der Waals surface area contributed by atoms with Gasteiger partial charge in [-0.05, 0) is 35.4 Å². The van der Waals surface area contributed by atoms with Crippen molar-refractivity contribution in [2.45, 2.75) is 25.7 Å². The highest BCUT2D eigenvalue weighted by atomic mass is 16.6. The molecule has 4 rings (SSSR count). The van der Waals surface area contributed by atoms with Crippen molar-refractivity contribution in [1.82, 2.24) is 20.7 Å². The number of non-ortho nitro benzene ring substituents is 1. The molecule has 0 radical (unpaired) electrons. The number of amides is 2. The summed E-state index contributed by atoms with van der Waals surface area (Å²) in [7, 11) is 0. The molecule has 2 amide bonds. The molecular weight excluding hydrogens is 516 g/mol. The van der Waals surface area contributed by atoms with Crippen molar-refractivity contribution in [2.24, 2.45) is 5.10 Å². The molecule has 3 aromatic carbocycles. The number of H-pyrrole nitrogens is 1. The van der Waals surface area contributed by atoms with Crippen LogP contribution < -0.4 is 15.5 Å². The van der Waals surface area contributed by atoms with Gasteiger partial charge in [-0.2, -0.15) is 5.10 Å². The second kappa shape index (κ2) is 13.9. The Balaban J connectivity index is 1.35. The number of nitro benzene ring substituents is 1. The van der Waals surface area contributed by atoms with Gasteiger partial charge in [-0.25, -0.2) is 15.2 Å². The highest BCUT2D eigenvalue weighted by Crippen LogP contribution is 2.19. The standard InChI is InChI=1S/C28H26N6O6/c35-27(25(14-23-16-29-19-30-23)32-28(36)40-18-20-6-2-1-3-7-20)33-31-15-22-8-4-5-9-26(22)39-17-21-10-12-24(13-11-21)34(37)38/h1-13,15-16,19,25H,14,17-18H2,(H,29,30)(H,32,36)(H,33,35)/b31-15-/t25-/m0/s1. The van der Waals surface area contributed by atoms with Crippen LogP contribution in [-0.4, -0.2) is 39.1 Å². The maximum atomic E-state index is 12.9. The third kappa shape index (κ3) is 8.25. The van der Waals surface area contributed by atoms with E-state index in [1.165, 1.54) is 24.7 Å². The Hall–Kier alpha value is -5.52. The molecule has 0 aliphatic heterocycles. The van der Waals surface area contributed by atoms with E-state index < -0.39 is 23.0 Å².